The number of nitrogens with two attached hydrogens (primary N) is 1. The number of nitrogens with zero attached hydrogens (tertiary/aromatic N) is 1. The van der Waals surface area contributed by atoms with Crippen LogP contribution in [0.4, 0.5) is 0 Å². The quantitative estimate of drug-likeness (QED) is 0.815. The molecule has 0 aliphatic carbocycles. The van der Waals surface area contributed by atoms with Crippen LogP contribution < -0.4 is 11.1 Å². The fraction of sp³-hybridized carbons (Fsp3) is 0.500. The Labute approximate surface area is 96.2 Å². The molecule has 1 aromatic rings. The van der Waals surface area contributed by atoms with Gasteiger partial charge >= 0.3 is 0 Å². The first-order valence-corrected chi connectivity index (χ1v) is 4.68. The summed E-state index contributed by atoms with van der Waals surface area (Å²) in [5.41, 5.74) is 6.53. The molecule has 0 saturated heterocycles. The average molecular weight is 232 g/mol. The molecule has 1 amide bonds. The van der Waals surface area contributed by atoms with Gasteiger partial charge in [-0.1, -0.05) is 0 Å². The fourth-order valence-electron chi connectivity index (χ4n) is 1.21. The van der Waals surface area contributed by atoms with Crippen molar-refractivity contribution >= 4 is 18.3 Å². The number of carbonyl (C=O) groups is 1. The minimum absolute atomic E-state index is 0. The molecule has 4 nitrogen and oxygen atoms in total. The number of halogens is 1. The standard InChI is InChI=1S/C10H17N3O.ClH/c1-7(11)10(14)12-8(2)9-4-5-13(3)6-9;/h4-8H,11H2,1-3H3,(H,12,14);1H. The predicted molar refractivity (Wildman–Crippen MR) is 62.9 cm³/mol. The first-order chi connectivity index (χ1) is 6.50. The highest BCUT2D eigenvalue weighted by molar-refractivity contribution is 5.85. The molecule has 86 valence electrons. The van der Waals surface area contributed by atoms with Crippen LogP contribution in [-0.4, -0.2) is 16.5 Å². The molecule has 0 saturated carbocycles. The third kappa shape index (κ3) is 3.93. The Hall–Kier alpha value is -1.00. The normalized spacial score (nSPS) is 13.9. The molecule has 0 aliphatic heterocycles. The van der Waals surface area contributed by atoms with Crippen molar-refractivity contribution < 1.29 is 4.79 Å². The van der Waals surface area contributed by atoms with Crippen LogP contribution in [0.2, 0.25) is 0 Å². The Morgan fingerprint density at radius 1 is 1.53 bits per heavy atom. The molecule has 0 bridgehead atoms. The molecule has 2 unspecified atom stereocenters. The molecular formula is C10H18ClN3O. The third-order valence-electron chi connectivity index (χ3n) is 2.13. The second-order valence-corrected chi connectivity index (χ2v) is 3.63. The van der Waals surface area contributed by atoms with Crippen LogP contribution in [0.15, 0.2) is 18.5 Å². The summed E-state index contributed by atoms with van der Waals surface area (Å²) in [4.78, 5) is 11.3. The van der Waals surface area contributed by atoms with Gasteiger partial charge in [0, 0.05) is 19.4 Å². The van der Waals surface area contributed by atoms with Crippen molar-refractivity contribution in [2.45, 2.75) is 25.9 Å². The molecule has 2 atom stereocenters. The zero-order valence-corrected chi connectivity index (χ0v) is 10.0. The van der Waals surface area contributed by atoms with Crippen molar-refractivity contribution in [3.8, 4) is 0 Å². The van der Waals surface area contributed by atoms with Gasteiger partial charge in [0.05, 0.1) is 12.1 Å². The fourth-order valence-corrected chi connectivity index (χ4v) is 1.21. The lowest BCUT2D eigenvalue weighted by molar-refractivity contribution is -0.122. The minimum atomic E-state index is -0.457. The molecule has 0 fully saturated rings. The SMILES string of the molecule is CC(N)C(=O)NC(C)c1ccn(C)c1.Cl. The van der Waals surface area contributed by atoms with Gasteiger partial charge in [-0.05, 0) is 25.5 Å². The van der Waals surface area contributed by atoms with E-state index in [1.807, 2.05) is 37.0 Å². The van der Waals surface area contributed by atoms with Crippen LogP contribution in [0.3, 0.4) is 0 Å². The lowest BCUT2D eigenvalue weighted by Gasteiger charge is -2.14. The van der Waals surface area contributed by atoms with Gasteiger partial charge in [-0.25, -0.2) is 0 Å². The topological polar surface area (TPSA) is 60.1 Å². The van der Waals surface area contributed by atoms with E-state index in [0.717, 1.165) is 5.56 Å². The molecule has 1 rings (SSSR count). The largest absolute Gasteiger partial charge is 0.357 e. The molecule has 0 radical (unpaired) electrons. The van der Waals surface area contributed by atoms with Crippen LogP contribution in [0, 0.1) is 0 Å². The van der Waals surface area contributed by atoms with Crippen molar-refractivity contribution in [3.05, 3.63) is 24.0 Å². The number of aromatic nitrogens is 1. The number of amides is 1. The van der Waals surface area contributed by atoms with Crippen LogP contribution in [0.5, 0.6) is 0 Å². The molecule has 15 heavy (non-hydrogen) atoms. The second-order valence-electron chi connectivity index (χ2n) is 3.63. The summed E-state index contributed by atoms with van der Waals surface area (Å²) in [6.07, 6.45) is 3.93. The average Bonchev–Trinajstić information content (AvgIpc) is 2.51. The highest BCUT2D eigenvalue weighted by atomic mass is 35.5. The Balaban J connectivity index is 0.00000196. The number of nitrogens with one attached hydrogen (secondary N) is 1. The van der Waals surface area contributed by atoms with E-state index >= 15 is 0 Å². The molecule has 5 heteroatoms. The van der Waals surface area contributed by atoms with Crippen LogP contribution in [-0.2, 0) is 11.8 Å². The second kappa shape index (κ2) is 5.78. The predicted octanol–water partition coefficient (Wildman–Crippen LogP) is 0.971. The summed E-state index contributed by atoms with van der Waals surface area (Å²) in [6, 6.07) is 1.53. The Bertz CT molecular complexity index is 322. The highest BCUT2D eigenvalue weighted by Crippen LogP contribution is 2.11. The van der Waals surface area contributed by atoms with E-state index in [4.69, 9.17) is 5.73 Å². The maximum absolute atomic E-state index is 11.3. The molecule has 1 heterocycles. The number of hydrogen-bond donors (Lipinski definition) is 2. The van der Waals surface area contributed by atoms with E-state index in [9.17, 15) is 4.79 Å². The summed E-state index contributed by atoms with van der Waals surface area (Å²) in [5, 5.41) is 2.83. The summed E-state index contributed by atoms with van der Waals surface area (Å²) >= 11 is 0. The smallest absolute Gasteiger partial charge is 0.237 e. The van der Waals surface area contributed by atoms with Gasteiger partial charge in [-0.15, -0.1) is 12.4 Å². The number of hydrogen-bond acceptors (Lipinski definition) is 2. The first kappa shape index (κ1) is 14.0. The maximum atomic E-state index is 11.3. The summed E-state index contributed by atoms with van der Waals surface area (Å²) < 4.78 is 1.95. The van der Waals surface area contributed by atoms with Gasteiger partial charge in [0.2, 0.25) is 5.91 Å². The summed E-state index contributed by atoms with van der Waals surface area (Å²) in [6.45, 7) is 3.61. The van der Waals surface area contributed by atoms with Gasteiger partial charge in [0.15, 0.2) is 0 Å². The van der Waals surface area contributed by atoms with Crippen LogP contribution in [0.25, 0.3) is 0 Å². The molecule has 3 N–H and O–H groups in total. The third-order valence-corrected chi connectivity index (χ3v) is 2.13. The Morgan fingerprint density at radius 3 is 2.53 bits per heavy atom. The Morgan fingerprint density at radius 2 is 2.13 bits per heavy atom. The van der Waals surface area contributed by atoms with E-state index in [-0.39, 0.29) is 24.4 Å². The van der Waals surface area contributed by atoms with Gasteiger partial charge < -0.3 is 15.6 Å². The molecule has 0 aliphatic rings. The summed E-state index contributed by atoms with van der Waals surface area (Å²) in [7, 11) is 1.95. The number of rotatable bonds is 3. The number of carbonyl (C=O) groups excluding carboxylic acids is 1. The van der Waals surface area contributed by atoms with Crippen molar-refractivity contribution in [1.29, 1.82) is 0 Å². The van der Waals surface area contributed by atoms with E-state index in [0.29, 0.717) is 0 Å². The van der Waals surface area contributed by atoms with Gasteiger partial charge in [-0.3, -0.25) is 4.79 Å². The van der Waals surface area contributed by atoms with Crippen LogP contribution in [0.1, 0.15) is 25.5 Å². The van der Waals surface area contributed by atoms with Gasteiger partial charge in [0.1, 0.15) is 0 Å². The van der Waals surface area contributed by atoms with Gasteiger partial charge in [-0.2, -0.15) is 0 Å². The van der Waals surface area contributed by atoms with Crippen molar-refractivity contribution in [2.24, 2.45) is 12.8 Å². The summed E-state index contributed by atoms with van der Waals surface area (Å²) in [5.74, 6) is -0.124. The van der Waals surface area contributed by atoms with Crippen LogP contribution >= 0.6 is 12.4 Å². The monoisotopic (exact) mass is 231 g/mol. The zero-order chi connectivity index (χ0) is 10.7. The van der Waals surface area contributed by atoms with E-state index < -0.39 is 6.04 Å². The molecule has 0 spiro atoms. The zero-order valence-electron chi connectivity index (χ0n) is 9.23. The number of aryl methyl sites for hydroxylation is 1. The lowest BCUT2D eigenvalue weighted by atomic mass is 10.1. The molecule has 0 aromatic carbocycles. The highest BCUT2D eigenvalue weighted by Gasteiger charge is 2.12. The molecule has 1 aromatic heterocycles. The Kier molecular flexibility index (Phi) is 5.39. The van der Waals surface area contributed by atoms with E-state index in [1.54, 1.807) is 6.92 Å². The van der Waals surface area contributed by atoms with Crippen molar-refractivity contribution in [2.75, 3.05) is 0 Å². The first-order valence-electron chi connectivity index (χ1n) is 4.68. The lowest BCUT2D eigenvalue weighted by Crippen LogP contribution is -2.39. The van der Waals surface area contributed by atoms with Gasteiger partial charge in [0.25, 0.3) is 0 Å². The van der Waals surface area contributed by atoms with Crippen molar-refractivity contribution in [3.63, 3.8) is 0 Å². The van der Waals surface area contributed by atoms with Crippen molar-refractivity contribution in [1.82, 2.24) is 9.88 Å². The molecular weight excluding hydrogens is 214 g/mol. The minimum Gasteiger partial charge on any atom is -0.357 e. The van der Waals surface area contributed by atoms with E-state index in [2.05, 4.69) is 5.32 Å². The maximum Gasteiger partial charge on any atom is 0.237 e. The van der Waals surface area contributed by atoms with E-state index in [1.165, 1.54) is 0 Å².